The molecule has 0 unspecified atom stereocenters. The number of aromatic nitrogens is 1. The molecule has 0 radical (unpaired) electrons. The zero-order valence-electron chi connectivity index (χ0n) is 26.8. The molecule has 0 aliphatic carbocycles. The second-order valence-electron chi connectivity index (χ2n) is 13.5. The van der Waals surface area contributed by atoms with Crippen LogP contribution in [0.1, 0.15) is 11.1 Å². The monoisotopic (exact) mass is 611 g/mol. The highest BCUT2D eigenvalue weighted by Gasteiger charge is 2.46. The Bertz CT molecular complexity index is 2760. The number of para-hydroxylation sites is 4. The standard InChI is InChI=1S/C44H30BN3/c1-27-20-23-30(24-21-27)47-38-25-22-28(2)26-34(38)45-33-16-8-11-19-37(33)46(29-12-4-3-5-13-29)43-39-31-14-6-9-17-35(31)48-36-18-10-7-15-32(36)40(42(39)48)44(47)41(43)45/h3-26H,1-2H3. The summed E-state index contributed by atoms with van der Waals surface area (Å²) in [6, 6.07) is 54.2. The van der Waals surface area contributed by atoms with Crippen molar-refractivity contribution < 1.29 is 0 Å². The van der Waals surface area contributed by atoms with Gasteiger partial charge >= 0.3 is 0 Å². The Labute approximate surface area is 279 Å². The molecule has 4 heterocycles. The molecule has 0 amide bonds. The molecule has 2 aromatic heterocycles. The van der Waals surface area contributed by atoms with Gasteiger partial charge in [-0.1, -0.05) is 108 Å². The molecule has 0 N–H and O–H groups in total. The van der Waals surface area contributed by atoms with E-state index in [1.807, 2.05) is 0 Å². The van der Waals surface area contributed by atoms with Crippen LogP contribution in [0.4, 0.5) is 34.1 Å². The Morgan fingerprint density at radius 3 is 1.69 bits per heavy atom. The molecule has 0 spiro atoms. The Morgan fingerprint density at radius 1 is 0.458 bits per heavy atom. The molecule has 48 heavy (non-hydrogen) atoms. The van der Waals surface area contributed by atoms with E-state index in [1.165, 1.54) is 99.7 Å². The summed E-state index contributed by atoms with van der Waals surface area (Å²) in [5.41, 5.74) is 17.8. The molecular weight excluding hydrogens is 581 g/mol. The summed E-state index contributed by atoms with van der Waals surface area (Å²) in [5.74, 6) is 0. The van der Waals surface area contributed by atoms with Crippen molar-refractivity contribution in [2.45, 2.75) is 13.8 Å². The number of rotatable bonds is 2. The molecular formula is C44H30BN3. The number of hydrogen-bond acceptors (Lipinski definition) is 2. The lowest BCUT2D eigenvalue weighted by atomic mass is 9.33. The maximum atomic E-state index is 2.57. The lowest BCUT2D eigenvalue weighted by Gasteiger charge is -2.45. The Morgan fingerprint density at radius 2 is 1.00 bits per heavy atom. The molecule has 11 rings (SSSR count). The molecule has 0 bridgehead atoms. The first kappa shape index (κ1) is 26.1. The van der Waals surface area contributed by atoms with Crippen molar-refractivity contribution in [3.8, 4) is 0 Å². The second-order valence-corrected chi connectivity index (χ2v) is 13.5. The van der Waals surface area contributed by atoms with Gasteiger partial charge in [0.05, 0.1) is 27.9 Å². The molecule has 3 nitrogen and oxygen atoms in total. The van der Waals surface area contributed by atoms with Crippen molar-refractivity contribution in [3.63, 3.8) is 0 Å². The number of anilines is 6. The first-order valence-electron chi connectivity index (χ1n) is 16.8. The van der Waals surface area contributed by atoms with E-state index in [0.29, 0.717) is 0 Å². The van der Waals surface area contributed by atoms with Crippen molar-refractivity contribution in [1.82, 2.24) is 4.40 Å². The number of aryl methyl sites for hydroxylation is 2. The van der Waals surface area contributed by atoms with Crippen LogP contribution in [0.3, 0.4) is 0 Å². The normalized spacial score (nSPS) is 13.5. The van der Waals surface area contributed by atoms with Crippen LogP contribution in [0.5, 0.6) is 0 Å². The van der Waals surface area contributed by atoms with E-state index in [2.05, 4.69) is 174 Å². The van der Waals surface area contributed by atoms with Crippen LogP contribution in [0.25, 0.3) is 38.1 Å². The van der Waals surface area contributed by atoms with Gasteiger partial charge in [-0.15, -0.1) is 0 Å². The van der Waals surface area contributed by atoms with E-state index in [1.54, 1.807) is 0 Å². The number of hydrogen-bond donors (Lipinski definition) is 0. The van der Waals surface area contributed by atoms with Gasteiger partial charge in [-0.25, -0.2) is 0 Å². The van der Waals surface area contributed by atoms with Gasteiger partial charge < -0.3 is 14.2 Å². The molecule has 0 fully saturated rings. The van der Waals surface area contributed by atoms with Gasteiger partial charge in [0.15, 0.2) is 0 Å². The van der Waals surface area contributed by atoms with Crippen LogP contribution in [-0.4, -0.2) is 11.1 Å². The average Bonchev–Trinajstić information content (AvgIpc) is 3.65. The van der Waals surface area contributed by atoms with Gasteiger partial charge in [0.2, 0.25) is 0 Å². The predicted molar refractivity (Wildman–Crippen MR) is 205 cm³/mol. The highest BCUT2D eigenvalue weighted by Crippen LogP contribution is 2.54. The zero-order valence-corrected chi connectivity index (χ0v) is 26.8. The van der Waals surface area contributed by atoms with Gasteiger partial charge in [-0.05, 0) is 78.8 Å². The van der Waals surface area contributed by atoms with E-state index < -0.39 is 0 Å². The van der Waals surface area contributed by atoms with Crippen molar-refractivity contribution in [2.24, 2.45) is 0 Å². The van der Waals surface area contributed by atoms with Gasteiger partial charge in [0, 0.05) is 44.3 Å². The first-order valence-corrected chi connectivity index (χ1v) is 16.8. The Hall–Kier alpha value is -6.00. The quantitative estimate of drug-likeness (QED) is 0.180. The zero-order chi connectivity index (χ0) is 31.7. The fourth-order valence-electron chi connectivity index (χ4n) is 8.90. The van der Waals surface area contributed by atoms with Gasteiger partial charge in [-0.3, -0.25) is 0 Å². The van der Waals surface area contributed by atoms with E-state index in [0.717, 1.165) is 0 Å². The van der Waals surface area contributed by atoms with Crippen LogP contribution in [-0.2, 0) is 0 Å². The largest absolute Gasteiger partial charge is 0.311 e. The number of benzene rings is 7. The Balaban J connectivity index is 1.45. The third-order valence-corrected chi connectivity index (χ3v) is 10.8. The summed E-state index contributed by atoms with van der Waals surface area (Å²) in [5, 5.41) is 5.22. The summed E-state index contributed by atoms with van der Waals surface area (Å²) in [7, 11) is 0. The van der Waals surface area contributed by atoms with E-state index in [-0.39, 0.29) is 6.71 Å². The van der Waals surface area contributed by atoms with E-state index in [4.69, 9.17) is 0 Å². The second kappa shape index (κ2) is 9.30. The summed E-state index contributed by atoms with van der Waals surface area (Å²) >= 11 is 0. The van der Waals surface area contributed by atoms with Crippen LogP contribution in [0.15, 0.2) is 146 Å². The fraction of sp³-hybridized carbons (Fsp3) is 0.0455. The molecule has 4 heteroatoms. The van der Waals surface area contributed by atoms with E-state index in [9.17, 15) is 0 Å². The van der Waals surface area contributed by atoms with Crippen LogP contribution in [0, 0.1) is 13.8 Å². The molecule has 7 aromatic carbocycles. The van der Waals surface area contributed by atoms with Crippen molar-refractivity contribution in [1.29, 1.82) is 0 Å². The molecule has 0 saturated heterocycles. The number of fused-ring (bicyclic) bond motifs is 12. The van der Waals surface area contributed by atoms with Crippen LogP contribution >= 0.6 is 0 Å². The van der Waals surface area contributed by atoms with Gasteiger partial charge in [-0.2, -0.15) is 0 Å². The molecule has 224 valence electrons. The fourth-order valence-corrected chi connectivity index (χ4v) is 8.90. The molecule has 2 aliphatic rings. The lowest BCUT2D eigenvalue weighted by molar-refractivity contribution is 1.26. The minimum Gasteiger partial charge on any atom is -0.311 e. The topological polar surface area (TPSA) is 10.9 Å². The minimum atomic E-state index is 0.0679. The average molecular weight is 612 g/mol. The van der Waals surface area contributed by atoms with E-state index >= 15 is 0 Å². The van der Waals surface area contributed by atoms with Crippen molar-refractivity contribution in [3.05, 3.63) is 157 Å². The highest BCUT2D eigenvalue weighted by atomic mass is 15.2. The minimum absolute atomic E-state index is 0.0679. The summed E-state index contributed by atoms with van der Waals surface area (Å²) < 4.78 is 2.53. The SMILES string of the molecule is Cc1ccc(N2c3ccc(C)cc3B3c4ccccc4N(c4ccccc4)c4c3c2c2c3ccccc3n3c5ccccc5c4c23)cc1. The molecule has 0 saturated carbocycles. The molecule has 9 aromatic rings. The van der Waals surface area contributed by atoms with Crippen molar-refractivity contribution in [2.75, 3.05) is 9.80 Å². The third kappa shape index (κ3) is 3.20. The lowest BCUT2D eigenvalue weighted by Crippen LogP contribution is -2.61. The van der Waals surface area contributed by atoms with Crippen LogP contribution in [0.2, 0.25) is 0 Å². The third-order valence-electron chi connectivity index (χ3n) is 10.8. The van der Waals surface area contributed by atoms with Gasteiger partial charge in [0.25, 0.3) is 6.71 Å². The maximum Gasteiger partial charge on any atom is 0.252 e. The first-order chi connectivity index (χ1) is 23.7. The smallest absolute Gasteiger partial charge is 0.252 e. The summed E-state index contributed by atoms with van der Waals surface area (Å²) in [6.45, 7) is 4.47. The molecule has 0 atom stereocenters. The summed E-state index contributed by atoms with van der Waals surface area (Å²) in [4.78, 5) is 5.12. The predicted octanol–water partition coefficient (Wildman–Crippen LogP) is 9.54. The highest BCUT2D eigenvalue weighted by molar-refractivity contribution is 7.01. The van der Waals surface area contributed by atoms with Crippen LogP contribution < -0.4 is 26.2 Å². The van der Waals surface area contributed by atoms with Crippen molar-refractivity contribution >= 4 is 95.3 Å². The number of nitrogens with zero attached hydrogens (tertiary/aromatic N) is 3. The molecule has 2 aliphatic heterocycles. The maximum absolute atomic E-state index is 2.57. The Kier molecular flexibility index (Phi) is 5.06. The van der Waals surface area contributed by atoms with Gasteiger partial charge in [0.1, 0.15) is 0 Å². The summed E-state index contributed by atoms with van der Waals surface area (Å²) in [6.07, 6.45) is 0.